The molecule has 0 spiro atoms. The van der Waals surface area contributed by atoms with Crippen molar-refractivity contribution in [1.82, 2.24) is 4.57 Å². The van der Waals surface area contributed by atoms with Crippen molar-refractivity contribution >= 4 is 10.9 Å². The summed E-state index contributed by atoms with van der Waals surface area (Å²) in [5.41, 5.74) is 8.90. The van der Waals surface area contributed by atoms with Crippen LogP contribution < -0.4 is 9.47 Å². The SMILES string of the molecule is COc1cc(OC)c2c(c1)-c1ccccc1C2c1c(C)n(C)c2ccccc12. The number of fused-ring (bicyclic) bond motifs is 4. The molecule has 3 heteroatoms. The molecule has 3 nitrogen and oxygen atoms in total. The summed E-state index contributed by atoms with van der Waals surface area (Å²) in [5, 5.41) is 1.30. The fourth-order valence-electron chi connectivity index (χ4n) is 4.77. The Bertz CT molecular complexity index is 1220. The third-order valence-electron chi connectivity index (χ3n) is 6.16. The Balaban J connectivity index is 1.90. The van der Waals surface area contributed by atoms with E-state index in [0.717, 1.165) is 11.5 Å². The fraction of sp³-hybridized carbons (Fsp3) is 0.200. The topological polar surface area (TPSA) is 23.4 Å². The molecule has 0 fully saturated rings. The monoisotopic (exact) mass is 369 g/mol. The second-order valence-electron chi connectivity index (χ2n) is 7.39. The molecule has 0 saturated carbocycles. The van der Waals surface area contributed by atoms with Gasteiger partial charge >= 0.3 is 0 Å². The molecule has 1 aliphatic rings. The molecule has 4 aromatic rings. The van der Waals surface area contributed by atoms with Crippen molar-refractivity contribution in [1.29, 1.82) is 0 Å². The molecule has 140 valence electrons. The van der Waals surface area contributed by atoms with Gasteiger partial charge in [-0.1, -0.05) is 42.5 Å². The molecule has 1 atom stereocenters. The Kier molecular flexibility index (Phi) is 3.73. The van der Waals surface area contributed by atoms with Crippen LogP contribution in [0.1, 0.15) is 28.3 Å². The van der Waals surface area contributed by atoms with Crippen molar-refractivity contribution in [3.8, 4) is 22.6 Å². The Labute approximate surface area is 165 Å². The highest BCUT2D eigenvalue weighted by molar-refractivity contribution is 5.92. The normalized spacial score (nSPS) is 14.8. The fourth-order valence-corrected chi connectivity index (χ4v) is 4.77. The highest BCUT2D eigenvalue weighted by atomic mass is 16.5. The van der Waals surface area contributed by atoms with Crippen LogP contribution >= 0.6 is 0 Å². The van der Waals surface area contributed by atoms with Gasteiger partial charge in [0.1, 0.15) is 11.5 Å². The second kappa shape index (κ2) is 6.16. The summed E-state index contributed by atoms with van der Waals surface area (Å²) in [6.45, 7) is 2.21. The van der Waals surface area contributed by atoms with E-state index in [9.17, 15) is 0 Å². The lowest BCUT2D eigenvalue weighted by Crippen LogP contribution is -2.04. The van der Waals surface area contributed by atoms with Crippen molar-refractivity contribution in [2.45, 2.75) is 12.8 Å². The van der Waals surface area contributed by atoms with Crippen LogP contribution in [-0.4, -0.2) is 18.8 Å². The van der Waals surface area contributed by atoms with E-state index in [-0.39, 0.29) is 5.92 Å². The first kappa shape index (κ1) is 16.9. The zero-order valence-electron chi connectivity index (χ0n) is 16.6. The number of rotatable bonds is 3. The van der Waals surface area contributed by atoms with Gasteiger partial charge in [0, 0.05) is 41.2 Å². The Hall–Kier alpha value is -3.20. The number of aryl methyl sites for hydroxylation is 1. The van der Waals surface area contributed by atoms with Gasteiger partial charge in [-0.15, -0.1) is 0 Å². The average molecular weight is 369 g/mol. The molecule has 0 N–H and O–H groups in total. The van der Waals surface area contributed by atoms with E-state index in [0.29, 0.717) is 0 Å². The minimum Gasteiger partial charge on any atom is -0.497 e. The van der Waals surface area contributed by atoms with E-state index < -0.39 is 0 Å². The summed E-state index contributed by atoms with van der Waals surface area (Å²) in [4.78, 5) is 0. The zero-order chi connectivity index (χ0) is 19.4. The molecule has 0 radical (unpaired) electrons. The van der Waals surface area contributed by atoms with Crippen molar-refractivity contribution < 1.29 is 9.47 Å². The lowest BCUT2D eigenvalue weighted by atomic mass is 9.87. The molecule has 0 aliphatic heterocycles. The van der Waals surface area contributed by atoms with Gasteiger partial charge in [-0.2, -0.15) is 0 Å². The average Bonchev–Trinajstić information content (AvgIpc) is 3.19. The van der Waals surface area contributed by atoms with Crippen LogP contribution in [0.4, 0.5) is 0 Å². The third-order valence-corrected chi connectivity index (χ3v) is 6.16. The quantitative estimate of drug-likeness (QED) is 0.409. The number of hydrogen-bond donors (Lipinski definition) is 0. The van der Waals surface area contributed by atoms with Gasteiger partial charge in [-0.25, -0.2) is 0 Å². The van der Waals surface area contributed by atoms with E-state index in [2.05, 4.69) is 73.1 Å². The number of para-hydroxylation sites is 1. The minimum absolute atomic E-state index is 0.137. The maximum atomic E-state index is 5.85. The Morgan fingerprint density at radius 1 is 0.821 bits per heavy atom. The minimum atomic E-state index is 0.137. The molecule has 28 heavy (non-hydrogen) atoms. The van der Waals surface area contributed by atoms with Crippen molar-refractivity contribution in [2.24, 2.45) is 7.05 Å². The summed E-state index contributed by atoms with van der Waals surface area (Å²) in [7, 11) is 5.59. The van der Waals surface area contributed by atoms with Crippen molar-refractivity contribution in [3.05, 3.63) is 83.0 Å². The third kappa shape index (κ3) is 2.16. The summed E-state index contributed by atoms with van der Waals surface area (Å²) in [5.74, 6) is 1.83. The van der Waals surface area contributed by atoms with Gasteiger partial charge in [0.25, 0.3) is 0 Å². The predicted octanol–water partition coefficient (Wildman–Crippen LogP) is 5.66. The van der Waals surface area contributed by atoms with E-state index >= 15 is 0 Å². The highest BCUT2D eigenvalue weighted by Crippen LogP contribution is 2.54. The summed E-state index contributed by atoms with van der Waals surface area (Å²) >= 11 is 0. The standard InChI is InChI=1S/C25H23NO2/c1-15-23(19-11-7-8-12-21(19)26(15)2)25-18-10-6-5-9-17(18)20-13-16(27-3)14-22(28-4)24(20)25/h5-14,25H,1-4H3. The first-order chi connectivity index (χ1) is 13.7. The van der Waals surface area contributed by atoms with Gasteiger partial charge in [-0.05, 0) is 41.3 Å². The number of hydrogen-bond acceptors (Lipinski definition) is 2. The molecule has 1 aliphatic carbocycles. The van der Waals surface area contributed by atoms with Crippen LogP contribution in [0.5, 0.6) is 11.5 Å². The molecule has 1 heterocycles. The number of aromatic nitrogens is 1. The number of methoxy groups -OCH3 is 2. The molecule has 0 amide bonds. The number of ether oxygens (including phenoxy) is 2. The van der Waals surface area contributed by atoms with Gasteiger partial charge in [-0.3, -0.25) is 0 Å². The first-order valence-corrected chi connectivity index (χ1v) is 9.54. The van der Waals surface area contributed by atoms with Gasteiger partial charge in [0.15, 0.2) is 0 Å². The van der Waals surface area contributed by atoms with E-state index in [1.165, 1.54) is 44.4 Å². The van der Waals surface area contributed by atoms with Gasteiger partial charge < -0.3 is 14.0 Å². The van der Waals surface area contributed by atoms with Crippen LogP contribution in [-0.2, 0) is 7.05 Å². The maximum Gasteiger partial charge on any atom is 0.127 e. The smallest absolute Gasteiger partial charge is 0.127 e. The summed E-state index contributed by atoms with van der Waals surface area (Å²) < 4.78 is 13.7. The molecule has 1 aromatic heterocycles. The largest absolute Gasteiger partial charge is 0.497 e. The van der Waals surface area contributed by atoms with Gasteiger partial charge in [0.05, 0.1) is 14.2 Å². The molecule has 0 bridgehead atoms. The van der Waals surface area contributed by atoms with E-state index in [4.69, 9.17) is 9.47 Å². The molecular weight excluding hydrogens is 346 g/mol. The van der Waals surface area contributed by atoms with Crippen LogP contribution in [0.3, 0.4) is 0 Å². The van der Waals surface area contributed by atoms with Gasteiger partial charge in [0.2, 0.25) is 0 Å². The predicted molar refractivity (Wildman–Crippen MR) is 114 cm³/mol. The highest BCUT2D eigenvalue weighted by Gasteiger charge is 2.36. The second-order valence-corrected chi connectivity index (χ2v) is 7.39. The Morgan fingerprint density at radius 2 is 1.57 bits per heavy atom. The van der Waals surface area contributed by atoms with Crippen molar-refractivity contribution in [2.75, 3.05) is 14.2 Å². The molecule has 3 aromatic carbocycles. The number of nitrogens with zero attached hydrogens (tertiary/aromatic N) is 1. The Morgan fingerprint density at radius 3 is 2.36 bits per heavy atom. The maximum absolute atomic E-state index is 5.85. The lowest BCUT2D eigenvalue weighted by molar-refractivity contribution is 0.391. The van der Waals surface area contributed by atoms with Crippen molar-refractivity contribution in [3.63, 3.8) is 0 Å². The van der Waals surface area contributed by atoms with Crippen LogP contribution in [0.2, 0.25) is 0 Å². The van der Waals surface area contributed by atoms with Crippen LogP contribution in [0.25, 0.3) is 22.0 Å². The molecule has 5 rings (SSSR count). The number of benzene rings is 3. The van der Waals surface area contributed by atoms with E-state index in [1.807, 2.05) is 6.07 Å². The van der Waals surface area contributed by atoms with E-state index in [1.54, 1.807) is 14.2 Å². The summed E-state index contributed by atoms with van der Waals surface area (Å²) in [6, 6.07) is 21.5. The van der Waals surface area contributed by atoms with Crippen LogP contribution in [0.15, 0.2) is 60.7 Å². The molecular formula is C25H23NO2. The zero-order valence-corrected chi connectivity index (χ0v) is 16.6. The van der Waals surface area contributed by atoms with Crippen LogP contribution in [0, 0.1) is 6.92 Å². The molecule has 0 saturated heterocycles. The molecule has 1 unspecified atom stereocenters. The summed E-state index contributed by atoms with van der Waals surface area (Å²) in [6.07, 6.45) is 0. The lowest BCUT2D eigenvalue weighted by Gasteiger charge is -2.18. The first-order valence-electron chi connectivity index (χ1n) is 9.54.